The standard InChI is InChI=1S/C20H16O2/c1-22-20(21)19-13-17(15-8-4-2-5-9-15)12-18(14-19)16-10-6-3-7-11-16/h2-14H,1H3. The van der Waals surface area contributed by atoms with Crippen molar-refractivity contribution in [1.29, 1.82) is 0 Å². The summed E-state index contributed by atoms with van der Waals surface area (Å²) in [6.45, 7) is 0. The molecule has 0 atom stereocenters. The van der Waals surface area contributed by atoms with E-state index in [2.05, 4.69) is 6.07 Å². The molecule has 0 spiro atoms. The van der Waals surface area contributed by atoms with Gasteiger partial charge in [0.2, 0.25) is 0 Å². The number of carbonyl (C=O) groups is 1. The quantitative estimate of drug-likeness (QED) is 0.647. The normalized spacial score (nSPS) is 10.2. The van der Waals surface area contributed by atoms with Crippen LogP contribution in [-0.2, 0) is 4.74 Å². The average molecular weight is 288 g/mol. The molecule has 0 aliphatic carbocycles. The Kier molecular flexibility index (Phi) is 4.01. The van der Waals surface area contributed by atoms with Crippen molar-refractivity contribution in [2.75, 3.05) is 7.11 Å². The second kappa shape index (κ2) is 6.27. The van der Waals surface area contributed by atoms with Crippen molar-refractivity contribution in [1.82, 2.24) is 0 Å². The Balaban J connectivity index is 2.17. The van der Waals surface area contributed by atoms with Crippen molar-refractivity contribution in [3.05, 3.63) is 84.4 Å². The molecule has 0 aliphatic rings. The van der Waals surface area contributed by atoms with E-state index in [1.807, 2.05) is 72.8 Å². The van der Waals surface area contributed by atoms with Crippen LogP contribution >= 0.6 is 0 Å². The van der Waals surface area contributed by atoms with Crippen molar-refractivity contribution in [3.8, 4) is 22.3 Å². The molecule has 0 saturated heterocycles. The minimum atomic E-state index is -0.324. The number of rotatable bonds is 3. The summed E-state index contributed by atoms with van der Waals surface area (Å²) >= 11 is 0. The number of hydrogen-bond acceptors (Lipinski definition) is 2. The largest absolute Gasteiger partial charge is 0.465 e. The molecule has 2 heteroatoms. The van der Waals surface area contributed by atoms with Crippen LogP contribution in [-0.4, -0.2) is 13.1 Å². The summed E-state index contributed by atoms with van der Waals surface area (Å²) in [5.41, 5.74) is 4.71. The smallest absolute Gasteiger partial charge is 0.337 e. The van der Waals surface area contributed by atoms with Crippen molar-refractivity contribution in [3.63, 3.8) is 0 Å². The Morgan fingerprint density at radius 3 is 1.55 bits per heavy atom. The van der Waals surface area contributed by atoms with Crippen molar-refractivity contribution >= 4 is 5.97 Å². The fourth-order valence-corrected chi connectivity index (χ4v) is 2.46. The zero-order valence-corrected chi connectivity index (χ0v) is 12.3. The Morgan fingerprint density at radius 1 is 0.682 bits per heavy atom. The van der Waals surface area contributed by atoms with E-state index in [0.29, 0.717) is 5.56 Å². The van der Waals surface area contributed by atoms with Gasteiger partial charge in [0.15, 0.2) is 0 Å². The molecule has 0 bridgehead atoms. The monoisotopic (exact) mass is 288 g/mol. The van der Waals surface area contributed by atoms with Crippen molar-refractivity contribution in [2.24, 2.45) is 0 Å². The summed E-state index contributed by atoms with van der Waals surface area (Å²) in [4.78, 5) is 12.0. The molecular weight excluding hydrogens is 272 g/mol. The van der Waals surface area contributed by atoms with Crippen LogP contribution in [0.2, 0.25) is 0 Å². The molecule has 2 nitrogen and oxygen atoms in total. The van der Waals surface area contributed by atoms with E-state index in [4.69, 9.17) is 4.74 Å². The lowest BCUT2D eigenvalue weighted by Crippen LogP contribution is -2.01. The van der Waals surface area contributed by atoms with Crippen LogP contribution < -0.4 is 0 Å². The number of hydrogen-bond donors (Lipinski definition) is 0. The van der Waals surface area contributed by atoms with Crippen LogP contribution in [0.25, 0.3) is 22.3 Å². The third kappa shape index (κ3) is 2.91. The highest BCUT2D eigenvalue weighted by atomic mass is 16.5. The van der Waals surface area contributed by atoms with E-state index in [-0.39, 0.29) is 5.97 Å². The van der Waals surface area contributed by atoms with Crippen LogP contribution in [0.5, 0.6) is 0 Å². The van der Waals surface area contributed by atoms with E-state index < -0.39 is 0 Å². The number of carbonyl (C=O) groups excluding carboxylic acids is 1. The minimum Gasteiger partial charge on any atom is -0.465 e. The molecule has 108 valence electrons. The van der Waals surface area contributed by atoms with Gasteiger partial charge >= 0.3 is 5.97 Å². The van der Waals surface area contributed by atoms with Crippen LogP contribution in [0, 0.1) is 0 Å². The first-order valence-electron chi connectivity index (χ1n) is 7.12. The summed E-state index contributed by atoms with van der Waals surface area (Å²) in [5.74, 6) is -0.324. The molecule has 0 unspecified atom stereocenters. The predicted molar refractivity (Wildman–Crippen MR) is 88.7 cm³/mol. The van der Waals surface area contributed by atoms with Crippen LogP contribution in [0.3, 0.4) is 0 Å². The SMILES string of the molecule is COC(=O)c1cc(-c2ccccc2)cc(-c2ccccc2)c1. The maximum atomic E-state index is 12.0. The third-order valence-electron chi connectivity index (χ3n) is 3.57. The Morgan fingerprint density at radius 2 is 1.14 bits per heavy atom. The first kappa shape index (κ1) is 14.1. The summed E-state index contributed by atoms with van der Waals surface area (Å²) in [5, 5.41) is 0. The number of methoxy groups -OCH3 is 1. The lowest BCUT2D eigenvalue weighted by atomic mass is 9.96. The molecule has 0 heterocycles. The average Bonchev–Trinajstić information content (AvgIpc) is 2.62. The zero-order chi connectivity index (χ0) is 15.4. The number of esters is 1. The van der Waals surface area contributed by atoms with Gasteiger partial charge in [-0.05, 0) is 40.5 Å². The molecule has 0 amide bonds. The van der Waals surface area contributed by atoms with Gasteiger partial charge in [0, 0.05) is 0 Å². The Labute approximate surface area is 130 Å². The number of ether oxygens (including phenoxy) is 1. The summed E-state index contributed by atoms with van der Waals surface area (Å²) in [7, 11) is 1.40. The first-order chi connectivity index (χ1) is 10.8. The fourth-order valence-electron chi connectivity index (χ4n) is 2.46. The molecule has 0 saturated carbocycles. The van der Waals surface area contributed by atoms with Gasteiger partial charge in [-0.1, -0.05) is 60.7 Å². The summed E-state index contributed by atoms with van der Waals surface area (Å²) in [6, 6.07) is 25.9. The van der Waals surface area contributed by atoms with E-state index >= 15 is 0 Å². The molecule has 0 N–H and O–H groups in total. The van der Waals surface area contributed by atoms with Gasteiger partial charge in [-0.3, -0.25) is 0 Å². The molecule has 3 aromatic carbocycles. The van der Waals surface area contributed by atoms with Crippen molar-refractivity contribution < 1.29 is 9.53 Å². The summed E-state index contributed by atoms with van der Waals surface area (Å²) in [6.07, 6.45) is 0. The maximum Gasteiger partial charge on any atom is 0.337 e. The highest BCUT2D eigenvalue weighted by Crippen LogP contribution is 2.28. The van der Waals surface area contributed by atoms with Gasteiger partial charge < -0.3 is 4.74 Å². The molecule has 0 fully saturated rings. The predicted octanol–water partition coefficient (Wildman–Crippen LogP) is 4.81. The molecule has 3 aromatic rings. The first-order valence-corrected chi connectivity index (χ1v) is 7.12. The zero-order valence-electron chi connectivity index (χ0n) is 12.3. The van der Waals surface area contributed by atoms with E-state index in [0.717, 1.165) is 22.3 Å². The molecule has 0 aliphatic heterocycles. The second-order valence-electron chi connectivity index (χ2n) is 5.02. The van der Waals surface area contributed by atoms with Gasteiger partial charge in [0.1, 0.15) is 0 Å². The summed E-state index contributed by atoms with van der Waals surface area (Å²) < 4.78 is 4.88. The van der Waals surface area contributed by atoms with E-state index in [9.17, 15) is 4.79 Å². The highest BCUT2D eigenvalue weighted by Gasteiger charge is 2.11. The van der Waals surface area contributed by atoms with E-state index in [1.54, 1.807) is 0 Å². The fraction of sp³-hybridized carbons (Fsp3) is 0.0500. The highest BCUT2D eigenvalue weighted by molar-refractivity contribution is 5.93. The molecule has 0 radical (unpaired) electrons. The van der Waals surface area contributed by atoms with Gasteiger partial charge in [0.25, 0.3) is 0 Å². The van der Waals surface area contributed by atoms with Crippen molar-refractivity contribution in [2.45, 2.75) is 0 Å². The topological polar surface area (TPSA) is 26.3 Å². The second-order valence-corrected chi connectivity index (χ2v) is 5.02. The molecule has 22 heavy (non-hydrogen) atoms. The van der Waals surface area contributed by atoms with Gasteiger partial charge in [0.05, 0.1) is 12.7 Å². The van der Waals surface area contributed by atoms with Crippen LogP contribution in [0.4, 0.5) is 0 Å². The molecule has 3 rings (SSSR count). The third-order valence-corrected chi connectivity index (χ3v) is 3.57. The van der Waals surface area contributed by atoms with E-state index in [1.165, 1.54) is 7.11 Å². The van der Waals surface area contributed by atoms with Crippen LogP contribution in [0.15, 0.2) is 78.9 Å². The van der Waals surface area contributed by atoms with Gasteiger partial charge in [-0.25, -0.2) is 4.79 Å². The molecule has 0 aromatic heterocycles. The lowest BCUT2D eigenvalue weighted by molar-refractivity contribution is 0.0601. The number of benzene rings is 3. The Hall–Kier alpha value is -2.87. The van der Waals surface area contributed by atoms with Gasteiger partial charge in [-0.2, -0.15) is 0 Å². The maximum absolute atomic E-state index is 12.0. The Bertz CT molecular complexity index is 720. The van der Waals surface area contributed by atoms with Gasteiger partial charge in [-0.15, -0.1) is 0 Å². The van der Waals surface area contributed by atoms with Crippen LogP contribution in [0.1, 0.15) is 10.4 Å². The molecular formula is C20H16O2. The minimum absolute atomic E-state index is 0.324. The lowest BCUT2D eigenvalue weighted by Gasteiger charge is -2.09.